The summed E-state index contributed by atoms with van der Waals surface area (Å²) in [6, 6.07) is 10.0. The molecular weight excluding hydrogens is 240 g/mol. The predicted octanol–water partition coefficient (Wildman–Crippen LogP) is 1.68. The average Bonchev–Trinajstić information content (AvgIpc) is 2.49. The van der Waals surface area contributed by atoms with E-state index in [4.69, 9.17) is 4.74 Å². The van der Waals surface area contributed by atoms with Crippen molar-refractivity contribution < 1.29 is 4.74 Å². The fraction of sp³-hybridized carbons (Fsp3) is 0.357. The van der Waals surface area contributed by atoms with E-state index in [9.17, 15) is 0 Å². The summed E-state index contributed by atoms with van der Waals surface area (Å²) in [6.07, 6.45) is 0. The van der Waals surface area contributed by atoms with Gasteiger partial charge in [-0.05, 0) is 6.92 Å². The van der Waals surface area contributed by atoms with Crippen LogP contribution in [0.15, 0.2) is 30.3 Å². The number of hydrogen-bond acceptors (Lipinski definition) is 5. The summed E-state index contributed by atoms with van der Waals surface area (Å²) in [5.41, 5.74) is 2.80. The predicted molar refractivity (Wildman–Crippen MR) is 73.0 cm³/mol. The summed E-state index contributed by atoms with van der Waals surface area (Å²) >= 11 is 0. The van der Waals surface area contributed by atoms with E-state index in [0.717, 1.165) is 43.3 Å². The van der Waals surface area contributed by atoms with Crippen LogP contribution in [0.1, 0.15) is 5.69 Å². The highest BCUT2D eigenvalue weighted by Gasteiger charge is 2.16. The Morgan fingerprint density at radius 3 is 2.47 bits per heavy atom. The van der Waals surface area contributed by atoms with Gasteiger partial charge in [-0.2, -0.15) is 0 Å². The first kappa shape index (κ1) is 12.0. The van der Waals surface area contributed by atoms with Crippen molar-refractivity contribution in [2.45, 2.75) is 6.92 Å². The smallest absolute Gasteiger partial charge is 0.245 e. The Kier molecular flexibility index (Phi) is 3.37. The molecule has 5 heteroatoms. The van der Waals surface area contributed by atoms with Gasteiger partial charge in [-0.3, -0.25) is 0 Å². The van der Waals surface area contributed by atoms with E-state index in [1.807, 2.05) is 37.3 Å². The standard InChI is InChI=1S/C14H16N4O/c1-11-13(12-5-3-2-4-6-12)16-17-14(15-11)18-7-9-19-10-8-18/h2-6H,7-10H2,1H3. The lowest BCUT2D eigenvalue weighted by molar-refractivity contribution is 0.122. The number of nitrogens with zero attached hydrogens (tertiary/aromatic N) is 4. The van der Waals surface area contributed by atoms with Gasteiger partial charge in [-0.25, -0.2) is 4.98 Å². The highest BCUT2D eigenvalue weighted by molar-refractivity contribution is 5.61. The van der Waals surface area contributed by atoms with Crippen LogP contribution in [-0.4, -0.2) is 41.5 Å². The topological polar surface area (TPSA) is 51.1 Å². The van der Waals surface area contributed by atoms with Gasteiger partial charge in [0.1, 0.15) is 5.69 Å². The fourth-order valence-electron chi connectivity index (χ4n) is 2.15. The molecular formula is C14H16N4O. The van der Waals surface area contributed by atoms with E-state index >= 15 is 0 Å². The summed E-state index contributed by atoms with van der Waals surface area (Å²) in [5, 5.41) is 8.58. The van der Waals surface area contributed by atoms with Crippen LogP contribution in [0.4, 0.5) is 5.95 Å². The second-order valence-electron chi connectivity index (χ2n) is 4.51. The Balaban J connectivity index is 1.89. The Bertz CT molecular complexity index is 553. The molecule has 1 aromatic heterocycles. The second-order valence-corrected chi connectivity index (χ2v) is 4.51. The minimum absolute atomic E-state index is 0.695. The third-order valence-electron chi connectivity index (χ3n) is 3.19. The number of aromatic nitrogens is 3. The number of rotatable bonds is 2. The zero-order chi connectivity index (χ0) is 13.1. The van der Waals surface area contributed by atoms with Crippen LogP contribution in [0, 0.1) is 6.92 Å². The number of anilines is 1. The van der Waals surface area contributed by atoms with E-state index in [0.29, 0.717) is 5.95 Å². The van der Waals surface area contributed by atoms with E-state index in [1.54, 1.807) is 0 Å². The summed E-state index contributed by atoms with van der Waals surface area (Å²) in [4.78, 5) is 6.68. The molecule has 0 saturated carbocycles. The molecule has 0 spiro atoms. The van der Waals surface area contributed by atoms with Crippen LogP contribution >= 0.6 is 0 Å². The first-order valence-electron chi connectivity index (χ1n) is 6.44. The molecule has 1 saturated heterocycles. The monoisotopic (exact) mass is 256 g/mol. The van der Waals surface area contributed by atoms with E-state index in [1.165, 1.54) is 0 Å². The van der Waals surface area contributed by atoms with Crippen molar-refractivity contribution in [3.8, 4) is 11.3 Å². The first-order chi connectivity index (χ1) is 9.34. The van der Waals surface area contributed by atoms with Crippen molar-refractivity contribution in [2.24, 2.45) is 0 Å². The molecule has 2 aromatic rings. The van der Waals surface area contributed by atoms with Gasteiger partial charge in [-0.15, -0.1) is 10.2 Å². The molecule has 1 aliphatic heterocycles. The van der Waals surface area contributed by atoms with Crippen molar-refractivity contribution in [3.63, 3.8) is 0 Å². The Morgan fingerprint density at radius 2 is 1.79 bits per heavy atom. The number of aryl methyl sites for hydroxylation is 1. The quantitative estimate of drug-likeness (QED) is 0.818. The lowest BCUT2D eigenvalue weighted by Crippen LogP contribution is -2.37. The van der Waals surface area contributed by atoms with Gasteiger partial charge < -0.3 is 9.64 Å². The fourth-order valence-corrected chi connectivity index (χ4v) is 2.15. The number of benzene rings is 1. The molecule has 1 fully saturated rings. The molecule has 0 atom stereocenters. The van der Waals surface area contributed by atoms with E-state index < -0.39 is 0 Å². The number of hydrogen-bond donors (Lipinski definition) is 0. The minimum Gasteiger partial charge on any atom is -0.378 e. The summed E-state index contributed by atoms with van der Waals surface area (Å²) in [6.45, 7) is 5.07. The second kappa shape index (κ2) is 5.32. The molecule has 0 amide bonds. The van der Waals surface area contributed by atoms with Crippen molar-refractivity contribution in [1.82, 2.24) is 15.2 Å². The maximum atomic E-state index is 5.33. The molecule has 0 radical (unpaired) electrons. The van der Waals surface area contributed by atoms with Crippen molar-refractivity contribution in [3.05, 3.63) is 36.0 Å². The van der Waals surface area contributed by atoms with Crippen LogP contribution in [0.5, 0.6) is 0 Å². The highest BCUT2D eigenvalue weighted by atomic mass is 16.5. The van der Waals surface area contributed by atoms with Crippen molar-refractivity contribution in [2.75, 3.05) is 31.2 Å². The SMILES string of the molecule is Cc1nc(N2CCOCC2)nnc1-c1ccccc1. The van der Waals surface area contributed by atoms with E-state index in [2.05, 4.69) is 20.1 Å². The van der Waals surface area contributed by atoms with Crippen LogP contribution in [-0.2, 0) is 4.74 Å². The Hall–Kier alpha value is -2.01. The molecule has 2 heterocycles. The van der Waals surface area contributed by atoms with Gasteiger partial charge in [-0.1, -0.05) is 30.3 Å². The molecule has 98 valence electrons. The minimum atomic E-state index is 0.695. The van der Waals surface area contributed by atoms with Crippen molar-refractivity contribution in [1.29, 1.82) is 0 Å². The number of morpholine rings is 1. The molecule has 5 nitrogen and oxygen atoms in total. The van der Waals surface area contributed by atoms with E-state index in [-0.39, 0.29) is 0 Å². The Morgan fingerprint density at radius 1 is 1.05 bits per heavy atom. The van der Waals surface area contributed by atoms with Gasteiger partial charge in [0.15, 0.2) is 0 Å². The maximum absolute atomic E-state index is 5.33. The van der Waals surface area contributed by atoms with Crippen LogP contribution in [0.3, 0.4) is 0 Å². The van der Waals surface area contributed by atoms with Gasteiger partial charge in [0.2, 0.25) is 5.95 Å². The molecule has 0 unspecified atom stereocenters. The zero-order valence-corrected chi connectivity index (χ0v) is 10.9. The van der Waals surface area contributed by atoms with Gasteiger partial charge in [0, 0.05) is 18.7 Å². The average molecular weight is 256 g/mol. The van der Waals surface area contributed by atoms with Crippen LogP contribution < -0.4 is 4.90 Å². The zero-order valence-electron chi connectivity index (χ0n) is 10.9. The maximum Gasteiger partial charge on any atom is 0.245 e. The van der Waals surface area contributed by atoms with Gasteiger partial charge in [0.25, 0.3) is 0 Å². The molecule has 1 aromatic carbocycles. The molecule has 1 aliphatic rings. The highest BCUT2D eigenvalue weighted by Crippen LogP contribution is 2.20. The van der Waals surface area contributed by atoms with Gasteiger partial charge >= 0.3 is 0 Å². The third-order valence-corrected chi connectivity index (χ3v) is 3.19. The largest absolute Gasteiger partial charge is 0.378 e. The lowest BCUT2D eigenvalue weighted by Gasteiger charge is -2.26. The summed E-state index contributed by atoms with van der Waals surface area (Å²) < 4.78 is 5.33. The number of ether oxygens (including phenoxy) is 1. The summed E-state index contributed by atoms with van der Waals surface area (Å²) in [5.74, 6) is 0.695. The third kappa shape index (κ3) is 2.56. The van der Waals surface area contributed by atoms with Crippen LogP contribution in [0.2, 0.25) is 0 Å². The summed E-state index contributed by atoms with van der Waals surface area (Å²) in [7, 11) is 0. The van der Waals surface area contributed by atoms with Gasteiger partial charge in [0.05, 0.1) is 18.9 Å². The normalized spacial score (nSPS) is 15.5. The molecule has 19 heavy (non-hydrogen) atoms. The van der Waals surface area contributed by atoms with Crippen molar-refractivity contribution >= 4 is 5.95 Å². The first-order valence-corrected chi connectivity index (χ1v) is 6.44. The molecule has 3 rings (SSSR count). The molecule has 0 bridgehead atoms. The lowest BCUT2D eigenvalue weighted by atomic mass is 10.1. The molecule has 0 aliphatic carbocycles. The molecule has 0 N–H and O–H groups in total. The Labute approximate surface area is 112 Å². The van der Waals surface area contributed by atoms with Crippen LogP contribution in [0.25, 0.3) is 11.3 Å².